The maximum absolute atomic E-state index is 10.8. The van der Waals surface area contributed by atoms with Crippen molar-refractivity contribution < 1.29 is 9.84 Å². The largest absolute Gasteiger partial charge is 0.387 e. The number of β-amino-alcohol motifs (C(OH)–C–C–N with tert-alkyl or cyclic N) is 1. The van der Waals surface area contributed by atoms with Crippen LogP contribution < -0.4 is 10.6 Å². The standard InChI is InChI=1S/C23H38N4O2/c1-3-24-21(25-17-22(2,28)19-27-13-15-29-16-14-27)26-18-23(11-7-8-12-23)20-9-5-4-6-10-20/h4-6,9-10,28H,3,7-8,11-19H2,1-2H3,(H2,24,25,26). The van der Waals surface area contributed by atoms with E-state index in [1.807, 2.05) is 6.92 Å². The van der Waals surface area contributed by atoms with Gasteiger partial charge in [-0.2, -0.15) is 0 Å². The fourth-order valence-electron chi connectivity index (χ4n) is 4.55. The molecule has 162 valence electrons. The van der Waals surface area contributed by atoms with Crippen molar-refractivity contribution in [1.82, 2.24) is 15.5 Å². The Bertz CT molecular complexity index is 636. The van der Waals surface area contributed by atoms with E-state index in [1.165, 1.54) is 31.2 Å². The quantitative estimate of drug-likeness (QED) is 0.459. The summed E-state index contributed by atoms with van der Waals surface area (Å²) in [5, 5.41) is 17.8. The summed E-state index contributed by atoms with van der Waals surface area (Å²) in [7, 11) is 0. The smallest absolute Gasteiger partial charge is 0.191 e. The maximum Gasteiger partial charge on any atom is 0.191 e. The summed E-state index contributed by atoms with van der Waals surface area (Å²) in [4.78, 5) is 6.98. The normalized spacial score (nSPS) is 22.2. The number of hydrogen-bond donors (Lipinski definition) is 3. The van der Waals surface area contributed by atoms with Crippen LogP contribution in [-0.2, 0) is 10.2 Å². The molecule has 1 saturated carbocycles. The molecular weight excluding hydrogens is 364 g/mol. The minimum absolute atomic E-state index is 0.174. The van der Waals surface area contributed by atoms with E-state index in [-0.39, 0.29) is 5.41 Å². The second kappa shape index (κ2) is 10.4. The molecule has 1 atom stereocenters. The molecule has 0 radical (unpaired) electrons. The number of ether oxygens (including phenoxy) is 1. The molecule has 2 aliphatic rings. The van der Waals surface area contributed by atoms with Crippen molar-refractivity contribution in [2.75, 3.05) is 52.5 Å². The Morgan fingerprint density at radius 2 is 1.86 bits per heavy atom. The van der Waals surface area contributed by atoms with Crippen LogP contribution in [0.25, 0.3) is 0 Å². The monoisotopic (exact) mass is 402 g/mol. The average molecular weight is 403 g/mol. The van der Waals surface area contributed by atoms with Gasteiger partial charge in [-0.05, 0) is 32.3 Å². The molecule has 29 heavy (non-hydrogen) atoms. The van der Waals surface area contributed by atoms with E-state index >= 15 is 0 Å². The maximum atomic E-state index is 10.8. The molecule has 3 N–H and O–H groups in total. The van der Waals surface area contributed by atoms with Crippen LogP contribution in [0.5, 0.6) is 0 Å². The molecule has 1 heterocycles. The highest BCUT2D eigenvalue weighted by molar-refractivity contribution is 5.80. The SMILES string of the molecule is CCNC(=NCC(C)(O)CN1CCOCC1)NCC1(c2ccccc2)CCCC1. The summed E-state index contributed by atoms with van der Waals surface area (Å²) in [6, 6.07) is 10.9. The van der Waals surface area contributed by atoms with Gasteiger partial charge in [-0.15, -0.1) is 0 Å². The van der Waals surface area contributed by atoms with Crippen LogP contribution in [0.3, 0.4) is 0 Å². The number of morpholine rings is 1. The number of aliphatic hydroxyl groups is 1. The molecule has 1 unspecified atom stereocenters. The Morgan fingerprint density at radius 1 is 1.17 bits per heavy atom. The lowest BCUT2D eigenvalue weighted by atomic mass is 9.79. The second-order valence-electron chi connectivity index (χ2n) is 8.79. The first-order valence-electron chi connectivity index (χ1n) is 11.1. The number of nitrogens with zero attached hydrogens (tertiary/aromatic N) is 2. The highest BCUT2D eigenvalue weighted by Crippen LogP contribution is 2.40. The van der Waals surface area contributed by atoms with Crippen molar-refractivity contribution in [1.29, 1.82) is 0 Å². The summed E-state index contributed by atoms with van der Waals surface area (Å²) in [5.74, 6) is 0.789. The molecule has 1 aliphatic heterocycles. The summed E-state index contributed by atoms with van der Waals surface area (Å²) < 4.78 is 5.40. The topological polar surface area (TPSA) is 69.1 Å². The molecule has 3 rings (SSSR count). The van der Waals surface area contributed by atoms with Crippen LogP contribution in [0.4, 0.5) is 0 Å². The predicted octanol–water partition coefficient (Wildman–Crippen LogP) is 2.14. The number of guanidine groups is 1. The highest BCUT2D eigenvalue weighted by Gasteiger charge is 2.35. The fourth-order valence-corrected chi connectivity index (χ4v) is 4.55. The number of nitrogens with one attached hydrogen (secondary N) is 2. The van der Waals surface area contributed by atoms with Gasteiger partial charge in [0.1, 0.15) is 0 Å². The van der Waals surface area contributed by atoms with Crippen LogP contribution >= 0.6 is 0 Å². The summed E-state index contributed by atoms with van der Waals surface area (Å²) in [5.41, 5.74) is 0.734. The van der Waals surface area contributed by atoms with Gasteiger partial charge >= 0.3 is 0 Å². The average Bonchev–Trinajstić information content (AvgIpc) is 3.21. The first kappa shape index (κ1) is 22.1. The van der Waals surface area contributed by atoms with Crippen molar-refractivity contribution >= 4 is 5.96 Å². The highest BCUT2D eigenvalue weighted by atomic mass is 16.5. The van der Waals surface area contributed by atoms with Gasteiger partial charge in [-0.1, -0.05) is 43.2 Å². The third-order valence-electron chi connectivity index (χ3n) is 6.13. The van der Waals surface area contributed by atoms with Crippen LogP contribution in [0.15, 0.2) is 35.3 Å². The zero-order valence-electron chi connectivity index (χ0n) is 18.1. The molecule has 0 bridgehead atoms. The Labute approximate surface area is 175 Å². The molecule has 1 aromatic carbocycles. The van der Waals surface area contributed by atoms with E-state index in [2.05, 4.69) is 52.8 Å². The van der Waals surface area contributed by atoms with Gasteiger partial charge in [-0.25, -0.2) is 0 Å². The second-order valence-corrected chi connectivity index (χ2v) is 8.79. The molecule has 6 nitrogen and oxygen atoms in total. The zero-order chi connectivity index (χ0) is 20.6. The van der Waals surface area contributed by atoms with Gasteiger partial charge < -0.3 is 20.5 Å². The van der Waals surface area contributed by atoms with Gasteiger partial charge in [0, 0.05) is 38.1 Å². The number of rotatable bonds is 8. The Morgan fingerprint density at radius 3 is 2.52 bits per heavy atom. The van der Waals surface area contributed by atoms with Crippen molar-refractivity contribution in [3.8, 4) is 0 Å². The van der Waals surface area contributed by atoms with Gasteiger partial charge in [0.05, 0.1) is 25.4 Å². The summed E-state index contributed by atoms with van der Waals surface area (Å²) in [6.07, 6.45) is 4.97. The first-order valence-corrected chi connectivity index (χ1v) is 11.1. The molecule has 1 aliphatic carbocycles. The number of aliphatic imine (C=N–C) groups is 1. The molecular formula is C23H38N4O2. The van der Waals surface area contributed by atoms with Crippen molar-refractivity contribution in [2.45, 2.75) is 50.5 Å². The van der Waals surface area contributed by atoms with E-state index in [9.17, 15) is 5.11 Å². The van der Waals surface area contributed by atoms with Crippen LogP contribution in [0, 0.1) is 0 Å². The van der Waals surface area contributed by atoms with Gasteiger partial charge in [0.15, 0.2) is 5.96 Å². The molecule has 2 fully saturated rings. The molecule has 0 aromatic heterocycles. The lowest BCUT2D eigenvalue weighted by Gasteiger charge is -2.33. The Balaban J connectivity index is 1.61. The fraction of sp³-hybridized carbons (Fsp3) is 0.696. The van der Waals surface area contributed by atoms with Crippen molar-refractivity contribution in [3.63, 3.8) is 0 Å². The Kier molecular flexibility index (Phi) is 7.92. The minimum atomic E-state index is -0.857. The molecule has 1 saturated heterocycles. The number of benzene rings is 1. The van der Waals surface area contributed by atoms with E-state index in [1.54, 1.807) is 0 Å². The predicted molar refractivity (Wildman–Crippen MR) is 118 cm³/mol. The lowest BCUT2D eigenvalue weighted by Crippen LogP contribution is -2.49. The third-order valence-corrected chi connectivity index (χ3v) is 6.13. The number of hydrogen-bond acceptors (Lipinski definition) is 4. The van der Waals surface area contributed by atoms with Gasteiger partial charge in [-0.3, -0.25) is 9.89 Å². The molecule has 1 aromatic rings. The van der Waals surface area contributed by atoms with E-state index in [4.69, 9.17) is 9.73 Å². The molecule has 0 amide bonds. The van der Waals surface area contributed by atoms with Gasteiger partial charge in [0.25, 0.3) is 0 Å². The van der Waals surface area contributed by atoms with Crippen molar-refractivity contribution in [2.24, 2.45) is 4.99 Å². The zero-order valence-corrected chi connectivity index (χ0v) is 18.1. The first-order chi connectivity index (χ1) is 14.0. The summed E-state index contributed by atoms with van der Waals surface area (Å²) >= 11 is 0. The molecule has 0 spiro atoms. The minimum Gasteiger partial charge on any atom is -0.387 e. The third kappa shape index (κ3) is 6.43. The van der Waals surface area contributed by atoms with Gasteiger partial charge in [0.2, 0.25) is 0 Å². The van der Waals surface area contributed by atoms with E-state index in [0.717, 1.165) is 45.4 Å². The molecule has 6 heteroatoms. The van der Waals surface area contributed by atoms with Crippen molar-refractivity contribution in [3.05, 3.63) is 35.9 Å². The van der Waals surface area contributed by atoms with Crippen LogP contribution in [-0.4, -0.2) is 74.0 Å². The Hall–Kier alpha value is -1.63. The lowest BCUT2D eigenvalue weighted by molar-refractivity contribution is -0.0180. The van der Waals surface area contributed by atoms with Crippen LogP contribution in [0.2, 0.25) is 0 Å². The van der Waals surface area contributed by atoms with E-state index in [0.29, 0.717) is 13.1 Å². The summed E-state index contributed by atoms with van der Waals surface area (Å²) in [6.45, 7) is 9.84. The van der Waals surface area contributed by atoms with Crippen LogP contribution in [0.1, 0.15) is 45.1 Å². The van der Waals surface area contributed by atoms with E-state index < -0.39 is 5.60 Å².